The molecule has 0 aliphatic heterocycles. The minimum atomic E-state index is -0.826. The van der Waals surface area contributed by atoms with Gasteiger partial charge in [-0.05, 0) is 12.0 Å². The van der Waals surface area contributed by atoms with E-state index in [2.05, 4.69) is 15.5 Å². The van der Waals surface area contributed by atoms with Crippen LogP contribution in [0.2, 0.25) is 0 Å². The summed E-state index contributed by atoms with van der Waals surface area (Å²) >= 11 is 1.23. The van der Waals surface area contributed by atoms with Crippen LogP contribution in [0.15, 0.2) is 18.2 Å². The fourth-order valence-electron chi connectivity index (χ4n) is 2.99. The highest BCUT2D eigenvalue weighted by Crippen LogP contribution is 2.30. The highest BCUT2D eigenvalue weighted by molar-refractivity contribution is 7.15. The second-order valence-electron chi connectivity index (χ2n) is 6.03. The zero-order valence-electron chi connectivity index (χ0n) is 13.6. The second-order valence-corrected chi connectivity index (χ2v) is 7.09. The standard InChI is InChI=1S/C15H15N5O5S/c21-14(11-6-5-10(19(22)23)8-12(11)20(24)25)16-15-18-17-13(26-15)7-9-3-1-2-4-9/h5-6,8-9H,1-4,7H2,(H,16,18,21). The topological polar surface area (TPSA) is 141 Å². The van der Waals surface area contributed by atoms with Gasteiger partial charge in [0, 0.05) is 12.5 Å². The molecule has 1 aliphatic rings. The molecule has 0 spiro atoms. The number of anilines is 1. The second kappa shape index (κ2) is 7.52. The van der Waals surface area contributed by atoms with E-state index < -0.39 is 27.1 Å². The number of hydrogen-bond donors (Lipinski definition) is 1. The maximum atomic E-state index is 12.3. The fraction of sp³-hybridized carbons (Fsp3) is 0.400. The summed E-state index contributed by atoms with van der Waals surface area (Å²) < 4.78 is 0. The molecule has 26 heavy (non-hydrogen) atoms. The van der Waals surface area contributed by atoms with E-state index in [0.717, 1.165) is 42.5 Å². The van der Waals surface area contributed by atoms with Crippen LogP contribution in [-0.2, 0) is 6.42 Å². The molecule has 0 bridgehead atoms. The summed E-state index contributed by atoms with van der Waals surface area (Å²) in [6.07, 6.45) is 5.57. The van der Waals surface area contributed by atoms with Crippen molar-refractivity contribution in [2.24, 2.45) is 5.92 Å². The average molecular weight is 377 g/mol. The number of benzene rings is 1. The van der Waals surface area contributed by atoms with Gasteiger partial charge in [0.15, 0.2) is 0 Å². The van der Waals surface area contributed by atoms with Crippen molar-refractivity contribution >= 4 is 33.8 Å². The van der Waals surface area contributed by atoms with Crippen molar-refractivity contribution in [1.82, 2.24) is 10.2 Å². The lowest BCUT2D eigenvalue weighted by Crippen LogP contribution is -2.14. The number of aromatic nitrogens is 2. The Balaban J connectivity index is 1.74. The van der Waals surface area contributed by atoms with Gasteiger partial charge in [-0.25, -0.2) is 0 Å². The van der Waals surface area contributed by atoms with Gasteiger partial charge in [0.2, 0.25) is 5.13 Å². The monoisotopic (exact) mass is 377 g/mol. The maximum absolute atomic E-state index is 12.3. The molecule has 1 aromatic heterocycles. The SMILES string of the molecule is O=C(Nc1nnc(CC2CCCC2)s1)c1ccc([N+](=O)[O-])cc1[N+](=O)[O-]. The molecule has 1 saturated carbocycles. The van der Waals surface area contributed by atoms with Gasteiger partial charge in [0.1, 0.15) is 10.6 Å². The number of carbonyl (C=O) groups is 1. The third kappa shape index (κ3) is 3.99. The van der Waals surface area contributed by atoms with Gasteiger partial charge in [-0.1, -0.05) is 37.0 Å². The zero-order chi connectivity index (χ0) is 18.7. The highest BCUT2D eigenvalue weighted by Gasteiger charge is 2.25. The van der Waals surface area contributed by atoms with Crippen LogP contribution in [0.4, 0.5) is 16.5 Å². The Hall–Kier alpha value is -2.95. The number of carbonyl (C=O) groups excluding carboxylic acids is 1. The summed E-state index contributed by atoms with van der Waals surface area (Å²) in [5.41, 5.74) is -1.36. The Morgan fingerprint density at radius 1 is 1.19 bits per heavy atom. The number of amides is 1. The van der Waals surface area contributed by atoms with E-state index in [0.29, 0.717) is 5.92 Å². The Morgan fingerprint density at radius 2 is 1.92 bits per heavy atom. The average Bonchev–Trinajstić information content (AvgIpc) is 3.26. The molecular formula is C15H15N5O5S. The third-order valence-electron chi connectivity index (χ3n) is 4.26. The van der Waals surface area contributed by atoms with Crippen LogP contribution in [0.1, 0.15) is 41.0 Å². The van der Waals surface area contributed by atoms with Crippen LogP contribution in [0.25, 0.3) is 0 Å². The number of nitrogens with zero attached hydrogens (tertiary/aromatic N) is 4. The molecule has 0 radical (unpaired) electrons. The molecule has 10 nitrogen and oxygen atoms in total. The minimum absolute atomic E-state index is 0.246. The Labute approximate surface area is 151 Å². The normalized spacial score (nSPS) is 14.3. The number of nitro groups is 2. The Morgan fingerprint density at radius 3 is 2.58 bits per heavy atom. The van der Waals surface area contributed by atoms with Crippen LogP contribution in [0.5, 0.6) is 0 Å². The van der Waals surface area contributed by atoms with Crippen LogP contribution < -0.4 is 5.32 Å². The summed E-state index contributed by atoms with van der Waals surface area (Å²) in [6.45, 7) is 0. The number of nitro benzene ring substituents is 2. The van der Waals surface area contributed by atoms with Crippen molar-refractivity contribution in [2.45, 2.75) is 32.1 Å². The van der Waals surface area contributed by atoms with Crippen molar-refractivity contribution in [3.05, 3.63) is 49.0 Å². The van der Waals surface area contributed by atoms with Crippen molar-refractivity contribution in [2.75, 3.05) is 5.32 Å². The van der Waals surface area contributed by atoms with E-state index in [1.165, 1.54) is 24.2 Å². The molecule has 1 fully saturated rings. The fourth-order valence-corrected chi connectivity index (χ4v) is 3.84. The number of rotatable bonds is 6. The van der Waals surface area contributed by atoms with Gasteiger partial charge in [-0.3, -0.25) is 30.3 Å². The van der Waals surface area contributed by atoms with Gasteiger partial charge in [-0.15, -0.1) is 10.2 Å². The van der Waals surface area contributed by atoms with E-state index in [-0.39, 0.29) is 10.7 Å². The molecule has 1 aliphatic carbocycles. The summed E-state index contributed by atoms with van der Waals surface area (Å²) in [7, 11) is 0. The molecule has 11 heteroatoms. The van der Waals surface area contributed by atoms with E-state index in [9.17, 15) is 25.0 Å². The Kier molecular flexibility index (Phi) is 5.16. The molecular weight excluding hydrogens is 362 g/mol. The summed E-state index contributed by atoms with van der Waals surface area (Å²) in [5, 5.41) is 33.4. The van der Waals surface area contributed by atoms with Gasteiger partial charge in [-0.2, -0.15) is 0 Å². The molecule has 3 rings (SSSR count). The van der Waals surface area contributed by atoms with Gasteiger partial charge in [0.05, 0.1) is 15.9 Å². The highest BCUT2D eigenvalue weighted by atomic mass is 32.1. The zero-order valence-corrected chi connectivity index (χ0v) is 14.4. The molecule has 1 N–H and O–H groups in total. The maximum Gasteiger partial charge on any atom is 0.289 e. The third-order valence-corrected chi connectivity index (χ3v) is 5.12. The van der Waals surface area contributed by atoms with E-state index >= 15 is 0 Å². The Bertz CT molecular complexity index is 862. The van der Waals surface area contributed by atoms with Crippen molar-refractivity contribution in [3.63, 3.8) is 0 Å². The molecule has 0 atom stereocenters. The lowest BCUT2D eigenvalue weighted by molar-refractivity contribution is -0.394. The van der Waals surface area contributed by atoms with E-state index in [1.807, 2.05) is 0 Å². The number of nitrogens with one attached hydrogen (secondary N) is 1. The number of hydrogen-bond acceptors (Lipinski definition) is 8. The lowest BCUT2D eigenvalue weighted by atomic mass is 10.1. The first-order chi connectivity index (χ1) is 12.4. The molecule has 1 amide bonds. The van der Waals surface area contributed by atoms with Gasteiger partial charge < -0.3 is 0 Å². The first-order valence-corrected chi connectivity index (χ1v) is 8.82. The minimum Gasteiger partial charge on any atom is -0.296 e. The summed E-state index contributed by atoms with van der Waals surface area (Å²) in [4.78, 5) is 32.6. The van der Waals surface area contributed by atoms with E-state index in [4.69, 9.17) is 0 Å². The summed E-state index contributed by atoms with van der Waals surface area (Å²) in [5.74, 6) is -0.169. The van der Waals surface area contributed by atoms with Crippen LogP contribution >= 0.6 is 11.3 Å². The molecule has 1 heterocycles. The molecule has 1 aromatic carbocycles. The predicted molar refractivity (Wildman–Crippen MR) is 93.3 cm³/mol. The predicted octanol–water partition coefficient (Wildman–Crippen LogP) is 3.34. The van der Waals surface area contributed by atoms with Crippen molar-refractivity contribution in [3.8, 4) is 0 Å². The van der Waals surface area contributed by atoms with E-state index in [1.54, 1.807) is 0 Å². The quantitative estimate of drug-likeness (QED) is 0.601. The smallest absolute Gasteiger partial charge is 0.289 e. The molecule has 0 unspecified atom stereocenters. The largest absolute Gasteiger partial charge is 0.296 e. The van der Waals surface area contributed by atoms with Crippen LogP contribution in [0, 0.1) is 26.1 Å². The first-order valence-electron chi connectivity index (χ1n) is 8.00. The molecule has 2 aromatic rings. The van der Waals surface area contributed by atoms with Crippen LogP contribution in [-0.4, -0.2) is 26.0 Å². The van der Waals surface area contributed by atoms with Gasteiger partial charge >= 0.3 is 0 Å². The molecule has 0 saturated heterocycles. The summed E-state index contributed by atoms with van der Waals surface area (Å²) in [6, 6.07) is 2.88. The number of non-ortho nitro benzene ring substituents is 1. The van der Waals surface area contributed by atoms with Crippen molar-refractivity contribution < 1.29 is 14.6 Å². The lowest BCUT2D eigenvalue weighted by Gasteiger charge is -2.04. The van der Waals surface area contributed by atoms with Crippen molar-refractivity contribution in [1.29, 1.82) is 0 Å². The first kappa shape index (κ1) is 17.9. The van der Waals surface area contributed by atoms with Crippen LogP contribution in [0.3, 0.4) is 0 Å². The van der Waals surface area contributed by atoms with Gasteiger partial charge in [0.25, 0.3) is 17.3 Å². The molecule has 136 valence electrons.